The standard InChI is InChI=1S/C20H24N4O3/c1-14-21-12-17-7-5-15(13-24(14)17)20(25)22-16-6-8-18(26-4)19(11-16)27-10-9-23(2)3/h5-8,11-13H,9-10H2,1-4H3,(H,22,25). The Morgan fingerprint density at radius 2 is 2.04 bits per heavy atom. The molecule has 0 aliphatic rings. The number of hydrogen-bond donors (Lipinski definition) is 1. The van der Waals surface area contributed by atoms with E-state index in [0.29, 0.717) is 29.4 Å². The molecule has 0 radical (unpaired) electrons. The van der Waals surface area contributed by atoms with Gasteiger partial charge in [0.15, 0.2) is 11.5 Å². The summed E-state index contributed by atoms with van der Waals surface area (Å²) in [5.74, 6) is 1.86. The van der Waals surface area contributed by atoms with E-state index in [9.17, 15) is 4.79 Å². The molecule has 0 aliphatic heterocycles. The number of aryl methyl sites for hydroxylation is 1. The lowest BCUT2D eigenvalue weighted by Crippen LogP contribution is -2.19. The van der Waals surface area contributed by atoms with Crippen LogP contribution in [0.15, 0.2) is 42.7 Å². The molecule has 0 fully saturated rings. The zero-order valence-electron chi connectivity index (χ0n) is 16.0. The summed E-state index contributed by atoms with van der Waals surface area (Å²) < 4.78 is 13.0. The fraction of sp³-hybridized carbons (Fsp3) is 0.300. The smallest absolute Gasteiger partial charge is 0.257 e. The molecule has 2 heterocycles. The van der Waals surface area contributed by atoms with E-state index >= 15 is 0 Å². The zero-order chi connectivity index (χ0) is 19.4. The number of likely N-dealkylation sites (N-methyl/N-ethyl adjacent to an activating group) is 1. The number of anilines is 1. The highest BCUT2D eigenvalue weighted by Crippen LogP contribution is 2.30. The fourth-order valence-electron chi connectivity index (χ4n) is 2.66. The van der Waals surface area contributed by atoms with Crippen LogP contribution in [0.5, 0.6) is 11.5 Å². The molecule has 142 valence electrons. The largest absolute Gasteiger partial charge is 0.493 e. The number of aromatic nitrogens is 2. The molecule has 7 nitrogen and oxygen atoms in total. The van der Waals surface area contributed by atoms with Crippen LogP contribution >= 0.6 is 0 Å². The maximum atomic E-state index is 12.6. The van der Waals surface area contributed by atoms with E-state index < -0.39 is 0 Å². The Morgan fingerprint density at radius 1 is 1.22 bits per heavy atom. The Balaban J connectivity index is 1.76. The van der Waals surface area contributed by atoms with Gasteiger partial charge in [0.25, 0.3) is 5.91 Å². The second kappa shape index (κ2) is 8.09. The number of rotatable bonds is 7. The molecular weight excluding hydrogens is 344 g/mol. The van der Waals surface area contributed by atoms with Crippen LogP contribution < -0.4 is 14.8 Å². The minimum atomic E-state index is -0.200. The minimum absolute atomic E-state index is 0.200. The second-order valence-electron chi connectivity index (χ2n) is 6.49. The van der Waals surface area contributed by atoms with E-state index in [1.165, 1.54) is 0 Å². The highest BCUT2D eigenvalue weighted by Gasteiger charge is 2.11. The molecule has 1 amide bonds. The molecule has 0 spiro atoms. The van der Waals surface area contributed by atoms with Crippen LogP contribution in [-0.2, 0) is 0 Å². The Hall–Kier alpha value is -3.06. The van der Waals surface area contributed by atoms with Gasteiger partial charge in [-0.1, -0.05) is 0 Å². The number of amides is 1. The minimum Gasteiger partial charge on any atom is -0.493 e. The first kappa shape index (κ1) is 18.7. The van der Waals surface area contributed by atoms with Gasteiger partial charge < -0.3 is 24.1 Å². The first-order chi connectivity index (χ1) is 13.0. The summed E-state index contributed by atoms with van der Waals surface area (Å²) in [5.41, 5.74) is 2.14. The molecule has 0 aliphatic carbocycles. The van der Waals surface area contributed by atoms with Crippen molar-refractivity contribution in [3.8, 4) is 11.5 Å². The van der Waals surface area contributed by atoms with Crippen molar-refractivity contribution in [3.05, 3.63) is 54.1 Å². The molecule has 2 aromatic heterocycles. The first-order valence-electron chi connectivity index (χ1n) is 8.68. The summed E-state index contributed by atoms with van der Waals surface area (Å²) in [6.07, 6.45) is 3.56. The highest BCUT2D eigenvalue weighted by atomic mass is 16.5. The normalized spacial score (nSPS) is 11.0. The topological polar surface area (TPSA) is 68.1 Å². The highest BCUT2D eigenvalue weighted by molar-refractivity contribution is 6.04. The summed E-state index contributed by atoms with van der Waals surface area (Å²) in [6, 6.07) is 9.00. The van der Waals surface area contributed by atoms with Crippen molar-refractivity contribution >= 4 is 17.1 Å². The van der Waals surface area contributed by atoms with E-state index in [1.807, 2.05) is 36.4 Å². The number of hydrogen-bond acceptors (Lipinski definition) is 5. The van der Waals surface area contributed by atoms with Gasteiger partial charge in [0.2, 0.25) is 0 Å². The van der Waals surface area contributed by atoms with Crippen LogP contribution in [0.3, 0.4) is 0 Å². The molecule has 1 N–H and O–H groups in total. The van der Waals surface area contributed by atoms with Gasteiger partial charge >= 0.3 is 0 Å². The second-order valence-corrected chi connectivity index (χ2v) is 6.49. The third-order valence-corrected chi connectivity index (χ3v) is 4.19. The van der Waals surface area contributed by atoms with E-state index in [1.54, 1.807) is 43.8 Å². The molecule has 0 atom stereocenters. The summed E-state index contributed by atoms with van der Waals surface area (Å²) >= 11 is 0. The summed E-state index contributed by atoms with van der Waals surface area (Å²) in [5, 5.41) is 2.91. The number of pyridine rings is 1. The lowest BCUT2D eigenvalue weighted by atomic mass is 10.2. The van der Waals surface area contributed by atoms with Crippen LogP contribution in [0.4, 0.5) is 5.69 Å². The number of carbonyl (C=O) groups excluding carboxylic acids is 1. The molecule has 3 aromatic rings. The number of nitrogens with one attached hydrogen (secondary N) is 1. The quantitative estimate of drug-likeness (QED) is 0.695. The maximum absolute atomic E-state index is 12.6. The zero-order valence-corrected chi connectivity index (χ0v) is 16.0. The van der Waals surface area contributed by atoms with Crippen molar-refractivity contribution in [3.63, 3.8) is 0 Å². The number of ether oxygens (including phenoxy) is 2. The average Bonchev–Trinajstić information content (AvgIpc) is 3.02. The van der Waals surface area contributed by atoms with Crippen molar-refractivity contribution in [1.82, 2.24) is 14.3 Å². The summed E-state index contributed by atoms with van der Waals surface area (Å²) in [6.45, 7) is 3.21. The van der Waals surface area contributed by atoms with Gasteiger partial charge in [0.05, 0.1) is 24.4 Å². The van der Waals surface area contributed by atoms with Crippen LogP contribution in [-0.4, -0.2) is 54.5 Å². The molecule has 0 saturated carbocycles. The van der Waals surface area contributed by atoms with Crippen LogP contribution in [0.1, 0.15) is 16.2 Å². The van der Waals surface area contributed by atoms with Crippen molar-refractivity contribution in [2.45, 2.75) is 6.92 Å². The number of imidazole rings is 1. The SMILES string of the molecule is COc1ccc(NC(=O)c2ccc3cnc(C)n3c2)cc1OCCN(C)C. The third-order valence-electron chi connectivity index (χ3n) is 4.19. The number of fused-ring (bicyclic) bond motifs is 1. The lowest BCUT2D eigenvalue weighted by Gasteiger charge is -2.15. The number of carbonyl (C=O) groups is 1. The van der Waals surface area contributed by atoms with Crippen molar-refractivity contribution in [2.75, 3.05) is 39.7 Å². The number of nitrogens with zero attached hydrogens (tertiary/aromatic N) is 3. The molecule has 0 saturated heterocycles. The molecule has 3 rings (SSSR count). The third kappa shape index (κ3) is 4.38. The van der Waals surface area contributed by atoms with E-state index in [0.717, 1.165) is 17.9 Å². The van der Waals surface area contributed by atoms with Gasteiger partial charge in [-0.15, -0.1) is 0 Å². The van der Waals surface area contributed by atoms with E-state index in [-0.39, 0.29) is 5.91 Å². The fourth-order valence-corrected chi connectivity index (χ4v) is 2.66. The Bertz CT molecular complexity index is 950. The molecule has 7 heteroatoms. The Morgan fingerprint density at radius 3 is 2.78 bits per heavy atom. The predicted octanol–water partition coefficient (Wildman–Crippen LogP) is 2.84. The van der Waals surface area contributed by atoms with Gasteiger partial charge in [-0.05, 0) is 45.3 Å². The molecule has 0 unspecified atom stereocenters. The van der Waals surface area contributed by atoms with Gasteiger partial charge in [0, 0.05) is 24.5 Å². The van der Waals surface area contributed by atoms with Crippen molar-refractivity contribution < 1.29 is 14.3 Å². The summed E-state index contributed by atoms with van der Waals surface area (Å²) in [4.78, 5) is 18.9. The van der Waals surface area contributed by atoms with Crippen LogP contribution in [0, 0.1) is 6.92 Å². The summed E-state index contributed by atoms with van der Waals surface area (Å²) in [7, 11) is 5.56. The molecular formula is C20H24N4O3. The Labute approximate surface area is 158 Å². The van der Waals surface area contributed by atoms with E-state index in [2.05, 4.69) is 10.3 Å². The molecule has 27 heavy (non-hydrogen) atoms. The lowest BCUT2D eigenvalue weighted by molar-refractivity contribution is 0.102. The van der Waals surface area contributed by atoms with Gasteiger partial charge in [-0.25, -0.2) is 4.98 Å². The van der Waals surface area contributed by atoms with Gasteiger partial charge in [0.1, 0.15) is 12.4 Å². The monoisotopic (exact) mass is 368 g/mol. The number of benzene rings is 1. The average molecular weight is 368 g/mol. The molecule has 0 bridgehead atoms. The first-order valence-corrected chi connectivity index (χ1v) is 8.68. The maximum Gasteiger partial charge on any atom is 0.257 e. The predicted molar refractivity (Wildman–Crippen MR) is 105 cm³/mol. The van der Waals surface area contributed by atoms with Crippen molar-refractivity contribution in [2.24, 2.45) is 0 Å². The van der Waals surface area contributed by atoms with Crippen molar-refractivity contribution in [1.29, 1.82) is 0 Å². The molecule has 1 aromatic carbocycles. The Kier molecular flexibility index (Phi) is 5.61. The van der Waals surface area contributed by atoms with Crippen LogP contribution in [0.25, 0.3) is 5.52 Å². The van der Waals surface area contributed by atoms with Gasteiger partial charge in [-0.3, -0.25) is 4.79 Å². The number of methoxy groups -OCH3 is 1. The van der Waals surface area contributed by atoms with E-state index in [4.69, 9.17) is 9.47 Å². The van der Waals surface area contributed by atoms with Crippen LogP contribution in [0.2, 0.25) is 0 Å². The van der Waals surface area contributed by atoms with Gasteiger partial charge in [-0.2, -0.15) is 0 Å².